The number of thiazole rings is 1. The first-order valence-corrected chi connectivity index (χ1v) is 8.04. The Labute approximate surface area is 141 Å². The molecule has 2 heterocycles. The van der Waals surface area contributed by atoms with Crippen LogP contribution >= 0.6 is 22.9 Å². The van der Waals surface area contributed by atoms with Crippen LogP contribution in [-0.4, -0.2) is 15.5 Å². The summed E-state index contributed by atoms with van der Waals surface area (Å²) in [5.74, 6) is -0.474. The van der Waals surface area contributed by atoms with Crippen molar-refractivity contribution in [2.75, 3.05) is 5.32 Å². The first kappa shape index (κ1) is 15.5. The van der Waals surface area contributed by atoms with E-state index in [-0.39, 0.29) is 11.1 Å². The highest BCUT2D eigenvalue weighted by Crippen LogP contribution is 2.16. The Morgan fingerprint density at radius 1 is 1.26 bits per heavy atom. The van der Waals surface area contributed by atoms with Crippen molar-refractivity contribution >= 4 is 34.0 Å². The minimum atomic E-state index is -0.474. The summed E-state index contributed by atoms with van der Waals surface area (Å²) in [4.78, 5) is 28.7. The summed E-state index contributed by atoms with van der Waals surface area (Å²) in [6.45, 7) is 0.302. The normalized spacial score (nSPS) is 10.5. The van der Waals surface area contributed by atoms with Crippen LogP contribution in [0.1, 0.15) is 15.9 Å². The minimum absolute atomic E-state index is 0.0646. The average molecular weight is 346 g/mol. The maximum absolute atomic E-state index is 12.5. The molecule has 23 heavy (non-hydrogen) atoms. The number of carbonyl (C=O) groups is 1. The number of amides is 1. The van der Waals surface area contributed by atoms with Crippen molar-refractivity contribution in [2.24, 2.45) is 0 Å². The van der Waals surface area contributed by atoms with Crippen LogP contribution in [0.5, 0.6) is 0 Å². The van der Waals surface area contributed by atoms with E-state index in [0.29, 0.717) is 16.7 Å². The fourth-order valence-corrected chi connectivity index (χ4v) is 2.81. The summed E-state index contributed by atoms with van der Waals surface area (Å²) in [6.07, 6.45) is 3.22. The second kappa shape index (κ2) is 6.76. The number of aromatic nitrogens is 2. The third kappa shape index (κ3) is 3.49. The smallest absolute Gasteiger partial charge is 0.263 e. The lowest BCUT2D eigenvalue weighted by Gasteiger charge is -2.09. The van der Waals surface area contributed by atoms with Gasteiger partial charge in [0.2, 0.25) is 0 Å². The zero-order chi connectivity index (χ0) is 16.2. The lowest BCUT2D eigenvalue weighted by atomic mass is 10.2. The number of halogens is 1. The molecule has 3 aromatic rings. The molecule has 1 amide bonds. The largest absolute Gasteiger partial charge is 0.310 e. The molecule has 0 spiro atoms. The molecule has 1 N–H and O–H groups in total. The molecule has 0 saturated heterocycles. The zero-order valence-corrected chi connectivity index (χ0v) is 13.5. The van der Waals surface area contributed by atoms with Crippen LogP contribution in [0.3, 0.4) is 0 Å². The van der Waals surface area contributed by atoms with Gasteiger partial charge in [0, 0.05) is 22.8 Å². The molecule has 3 rings (SSSR count). The highest BCUT2D eigenvalue weighted by Gasteiger charge is 2.14. The van der Waals surface area contributed by atoms with Crippen LogP contribution in [0, 0.1) is 0 Å². The van der Waals surface area contributed by atoms with Gasteiger partial charge in [-0.25, -0.2) is 4.98 Å². The van der Waals surface area contributed by atoms with Crippen LogP contribution in [0.2, 0.25) is 5.02 Å². The van der Waals surface area contributed by atoms with E-state index in [9.17, 15) is 9.59 Å². The van der Waals surface area contributed by atoms with Crippen LogP contribution in [0.25, 0.3) is 0 Å². The molecule has 7 heteroatoms. The fraction of sp³-hybridized carbons (Fsp3) is 0.0625. The van der Waals surface area contributed by atoms with E-state index < -0.39 is 5.91 Å². The molecule has 0 unspecified atom stereocenters. The Hall–Kier alpha value is -2.44. The Balaban J connectivity index is 1.88. The Kier molecular flexibility index (Phi) is 4.55. The number of carbonyl (C=O) groups excluding carboxylic acids is 1. The third-order valence-electron chi connectivity index (χ3n) is 3.22. The van der Waals surface area contributed by atoms with Gasteiger partial charge in [0.15, 0.2) is 5.13 Å². The molecule has 0 saturated carbocycles. The van der Waals surface area contributed by atoms with Gasteiger partial charge in [-0.05, 0) is 23.8 Å². The predicted octanol–water partition coefficient (Wildman–Crippen LogP) is 3.26. The highest BCUT2D eigenvalue weighted by molar-refractivity contribution is 7.13. The van der Waals surface area contributed by atoms with E-state index in [2.05, 4.69) is 10.3 Å². The van der Waals surface area contributed by atoms with E-state index in [1.807, 2.05) is 18.2 Å². The molecule has 0 radical (unpaired) electrons. The highest BCUT2D eigenvalue weighted by atomic mass is 35.5. The Morgan fingerprint density at radius 3 is 2.83 bits per heavy atom. The number of nitrogens with one attached hydrogen (secondary N) is 1. The maximum atomic E-state index is 12.5. The number of hydrogen-bond donors (Lipinski definition) is 1. The SMILES string of the molecule is O=C(Nc1nccs1)c1cccn(Cc2ccccc2Cl)c1=O. The van der Waals surface area contributed by atoms with Gasteiger partial charge in [-0.1, -0.05) is 29.8 Å². The van der Waals surface area contributed by atoms with Gasteiger partial charge in [0.05, 0.1) is 6.54 Å². The van der Waals surface area contributed by atoms with Crippen molar-refractivity contribution in [2.45, 2.75) is 6.54 Å². The predicted molar refractivity (Wildman–Crippen MR) is 91.3 cm³/mol. The second-order valence-electron chi connectivity index (χ2n) is 4.74. The van der Waals surface area contributed by atoms with E-state index in [1.54, 1.807) is 29.9 Å². The number of anilines is 1. The second-order valence-corrected chi connectivity index (χ2v) is 6.04. The summed E-state index contributed by atoms with van der Waals surface area (Å²) < 4.78 is 1.46. The zero-order valence-electron chi connectivity index (χ0n) is 11.9. The summed E-state index contributed by atoms with van der Waals surface area (Å²) in [5, 5.41) is 5.39. The number of rotatable bonds is 4. The molecule has 0 aliphatic rings. The molecule has 5 nitrogen and oxygen atoms in total. The van der Waals surface area contributed by atoms with Crippen LogP contribution in [0.15, 0.2) is 59.0 Å². The van der Waals surface area contributed by atoms with Crippen LogP contribution in [-0.2, 0) is 6.54 Å². The van der Waals surface area contributed by atoms with Gasteiger partial charge in [-0.15, -0.1) is 11.3 Å². The number of pyridine rings is 1. The van der Waals surface area contributed by atoms with E-state index in [4.69, 9.17) is 11.6 Å². The molecule has 1 aromatic carbocycles. The van der Waals surface area contributed by atoms with Gasteiger partial charge in [-0.2, -0.15) is 0 Å². The standard InChI is InChI=1S/C16H12ClN3O2S/c17-13-6-2-1-4-11(13)10-20-8-3-5-12(15(20)22)14(21)19-16-18-7-9-23-16/h1-9H,10H2,(H,18,19,21). The van der Waals surface area contributed by atoms with Crippen molar-refractivity contribution in [3.05, 3.63) is 80.7 Å². The van der Waals surface area contributed by atoms with Crippen LogP contribution in [0.4, 0.5) is 5.13 Å². The van der Waals surface area contributed by atoms with Gasteiger partial charge >= 0.3 is 0 Å². The molecule has 0 aliphatic carbocycles. The molecule has 2 aromatic heterocycles. The van der Waals surface area contributed by atoms with Crippen molar-refractivity contribution in [1.29, 1.82) is 0 Å². The number of nitrogens with zero attached hydrogens (tertiary/aromatic N) is 2. The lowest BCUT2D eigenvalue weighted by molar-refractivity contribution is 0.102. The Bertz CT molecular complexity index is 890. The van der Waals surface area contributed by atoms with Crippen molar-refractivity contribution < 1.29 is 4.79 Å². The first-order chi connectivity index (χ1) is 11.1. The van der Waals surface area contributed by atoms with E-state index >= 15 is 0 Å². The third-order valence-corrected chi connectivity index (χ3v) is 4.27. The minimum Gasteiger partial charge on any atom is -0.310 e. The van der Waals surface area contributed by atoms with E-state index in [1.165, 1.54) is 22.0 Å². The van der Waals surface area contributed by atoms with Crippen molar-refractivity contribution in [1.82, 2.24) is 9.55 Å². The fourth-order valence-electron chi connectivity index (χ4n) is 2.09. The first-order valence-electron chi connectivity index (χ1n) is 6.79. The molecule has 116 valence electrons. The van der Waals surface area contributed by atoms with Crippen molar-refractivity contribution in [3.63, 3.8) is 0 Å². The van der Waals surface area contributed by atoms with Gasteiger partial charge in [0.1, 0.15) is 5.56 Å². The average Bonchev–Trinajstić information content (AvgIpc) is 3.04. The van der Waals surface area contributed by atoms with Crippen LogP contribution < -0.4 is 10.9 Å². The molecule has 0 bridgehead atoms. The number of hydrogen-bond acceptors (Lipinski definition) is 4. The summed E-state index contributed by atoms with van der Waals surface area (Å²) in [5.41, 5.74) is 0.505. The van der Waals surface area contributed by atoms with Gasteiger partial charge in [0.25, 0.3) is 11.5 Å². The van der Waals surface area contributed by atoms with E-state index in [0.717, 1.165) is 5.56 Å². The maximum Gasteiger partial charge on any atom is 0.263 e. The monoisotopic (exact) mass is 345 g/mol. The Morgan fingerprint density at radius 2 is 2.09 bits per heavy atom. The molecule has 0 fully saturated rings. The molecular formula is C16H12ClN3O2S. The quantitative estimate of drug-likeness (QED) is 0.789. The number of benzene rings is 1. The lowest BCUT2D eigenvalue weighted by Crippen LogP contribution is -2.29. The molecule has 0 atom stereocenters. The topological polar surface area (TPSA) is 64.0 Å². The van der Waals surface area contributed by atoms with Gasteiger partial charge in [-0.3, -0.25) is 14.9 Å². The summed E-state index contributed by atoms with van der Waals surface area (Å²) in [6, 6.07) is 10.4. The van der Waals surface area contributed by atoms with Gasteiger partial charge < -0.3 is 4.57 Å². The van der Waals surface area contributed by atoms with Crippen molar-refractivity contribution in [3.8, 4) is 0 Å². The summed E-state index contributed by atoms with van der Waals surface area (Å²) in [7, 11) is 0. The summed E-state index contributed by atoms with van der Waals surface area (Å²) >= 11 is 7.41. The molecule has 0 aliphatic heterocycles. The molecular weight excluding hydrogens is 334 g/mol.